The van der Waals surface area contributed by atoms with Crippen molar-refractivity contribution in [3.63, 3.8) is 0 Å². The molecule has 0 bridgehead atoms. The zero-order valence-corrected chi connectivity index (χ0v) is 20.6. The highest BCUT2D eigenvalue weighted by molar-refractivity contribution is 7.99. The van der Waals surface area contributed by atoms with Crippen molar-refractivity contribution in [2.75, 3.05) is 24.6 Å². The third-order valence-electron chi connectivity index (χ3n) is 6.08. The topological polar surface area (TPSA) is 137 Å². The fourth-order valence-electron chi connectivity index (χ4n) is 4.27. The molecule has 0 aliphatic carbocycles. The standard InChI is InChI=1S/C26H29N5O4S/c27-25(34)21(12-17-6-2-1-3-7-17)29-23(32)15-31-10-11-36-16-24(33)30-22(26(31)35)13-18-14-28-20-9-5-4-8-19(18)20/h1-9,14,21-22,28H,10-13,15-16H2,(H2,27,34)(H,29,32)(H,30,33)/t21-,22+/m1/s1. The average molecular weight is 508 g/mol. The van der Waals surface area contributed by atoms with E-state index in [1.54, 1.807) is 0 Å². The normalized spacial score (nSPS) is 17.6. The second-order valence-corrected chi connectivity index (χ2v) is 9.81. The number of nitrogens with zero attached hydrogens (tertiary/aromatic N) is 1. The quantitative estimate of drug-likeness (QED) is 0.360. The third-order valence-corrected chi connectivity index (χ3v) is 7.02. The Morgan fingerprint density at radius 1 is 1.11 bits per heavy atom. The van der Waals surface area contributed by atoms with Gasteiger partial charge in [0, 0.05) is 42.2 Å². The Bertz CT molecular complexity index is 1250. The number of rotatable bonds is 8. The van der Waals surface area contributed by atoms with Crippen LogP contribution < -0.4 is 16.4 Å². The first kappa shape index (κ1) is 25.3. The van der Waals surface area contributed by atoms with Crippen molar-refractivity contribution in [2.24, 2.45) is 5.73 Å². The second kappa shape index (κ2) is 11.8. The smallest absolute Gasteiger partial charge is 0.245 e. The third kappa shape index (κ3) is 6.45. The fraction of sp³-hybridized carbons (Fsp3) is 0.308. The maximum Gasteiger partial charge on any atom is 0.245 e. The number of H-pyrrole nitrogens is 1. The molecule has 5 N–H and O–H groups in total. The molecular weight excluding hydrogens is 478 g/mol. The lowest BCUT2D eigenvalue weighted by Gasteiger charge is -2.27. The van der Waals surface area contributed by atoms with Crippen LogP contribution in [0.2, 0.25) is 0 Å². The molecule has 36 heavy (non-hydrogen) atoms. The van der Waals surface area contributed by atoms with Gasteiger partial charge in [0.25, 0.3) is 0 Å². The molecule has 9 nitrogen and oxygen atoms in total. The number of aromatic nitrogens is 1. The molecule has 1 aromatic heterocycles. The molecule has 0 spiro atoms. The van der Waals surface area contributed by atoms with Gasteiger partial charge >= 0.3 is 0 Å². The number of carbonyl (C=O) groups excluding carboxylic acids is 4. The Kier molecular flexibility index (Phi) is 8.27. The van der Waals surface area contributed by atoms with Gasteiger partial charge in [-0.1, -0.05) is 48.5 Å². The number of para-hydroxylation sites is 1. The molecule has 4 rings (SSSR count). The summed E-state index contributed by atoms with van der Waals surface area (Å²) in [5.74, 6) is -0.952. The molecule has 2 aromatic carbocycles. The maximum atomic E-state index is 13.5. The van der Waals surface area contributed by atoms with Crippen molar-refractivity contribution in [3.05, 3.63) is 71.9 Å². The predicted molar refractivity (Wildman–Crippen MR) is 139 cm³/mol. The predicted octanol–water partition coefficient (Wildman–Crippen LogP) is 0.983. The number of benzene rings is 2. The molecule has 2 heterocycles. The van der Waals surface area contributed by atoms with Crippen molar-refractivity contribution in [3.8, 4) is 0 Å². The van der Waals surface area contributed by atoms with Crippen LogP contribution in [0.15, 0.2) is 60.8 Å². The van der Waals surface area contributed by atoms with Gasteiger partial charge in [0.2, 0.25) is 23.6 Å². The molecule has 188 valence electrons. The van der Waals surface area contributed by atoms with Crippen molar-refractivity contribution in [1.29, 1.82) is 0 Å². The van der Waals surface area contributed by atoms with Crippen LogP contribution >= 0.6 is 11.8 Å². The Balaban J connectivity index is 1.47. The van der Waals surface area contributed by atoms with Crippen LogP contribution in [-0.2, 0) is 32.0 Å². The number of aromatic amines is 1. The molecule has 1 aliphatic heterocycles. The number of hydrogen-bond acceptors (Lipinski definition) is 5. The molecule has 2 atom stereocenters. The first-order chi connectivity index (χ1) is 17.4. The lowest BCUT2D eigenvalue weighted by molar-refractivity contribution is -0.139. The molecule has 1 aliphatic rings. The molecule has 3 aromatic rings. The molecule has 1 saturated heterocycles. The Morgan fingerprint density at radius 3 is 2.64 bits per heavy atom. The first-order valence-electron chi connectivity index (χ1n) is 11.7. The van der Waals surface area contributed by atoms with E-state index in [2.05, 4.69) is 15.6 Å². The van der Waals surface area contributed by atoms with Crippen molar-refractivity contribution < 1.29 is 19.2 Å². The van der Waals surface area contributed by atoms with Crippen LogP contribution in [-0.4, -0.2) is 70.2 Å². The van der Waals surface area contributed by atoms with E-state index in [0.29, 0.717) is 12.3 Å². The molecule has 0 radical (unpaired) electrons. The minimum absolute atomic E-state index is 0.221. The zero-order valence-electron chi connectivity index (χ0n) is 19.7. The van der Waals surface area contributed by atoms with Crippen LogP contribution in [0, 0.1) is 0 Å². The van der Waals surface area contributed by atoms with Gasteiger partial charge in [-0.3, -0.25) is 19.2 Å². The van der Waals surface area contributed by atoms with Gasteiger partial charge < -0.3 is 26.3 Å². The summed E-state index contributed by atoms with van der Waals surface area (Å²) >= 11 is 1.40. The largest absolute Gasteiger partial charge is 0.368 e. The highest BCUT2D eigenvalue weighted by atomic mass is 32.2. The highest BCUT2D eigenvalue weighted by Crippen LogP contribution is 2.20. The van der Waals surface area contributed by atoms with Gasteiger partial charge in [0.05, 0.1) is 12.3 Å². The van der Waals surface area contributed by atoms with Crippen LogP contribution in [0.5, 0.6) is 0 Å². The minimum Gasteiger partial charge on any atom is -0.368 e. The van der Waals surface area contributed by atoms with Crippen molar-refractivity contribution in [2.45, 2.75) is 24.9 Å². The average Bonchev–Trinajstić information content (AvgIpc) is 3.29. The molecule has 0 saturated carbocycles. The van der Waals surface area contributed by atoms with Crippen LogP contribution in [0.25, 0.3) is 10.9 Å². The van der Waals surface area contributed by atoms with Crippen LogP contribution in [0.1, 0.15) is 11.1 Å². The molecule has 4 amide bonds. The van der Waals surface area contributed by atoms with E-state index in [9.17, 15) is 19.2 Å². The van der Waals surface area contributed by atoms with Gasteiger partial charge in [-0.15, -0.1) is 0 Å². The van der Waals surface area contributed by atoms with Crippen molar-refractivity contribution in [1.82, 2.24) is 20.5 Å². The van der Waals surface area contributed by atoms with E-state index >= 15 is 0 Å². The van der Waals surface area contributed by atoms with Gasteiger partial charge in [-0.2, -0.15) is 11.8 Å². The molecule has 1 fully saturated rings. The van der Waals surface area contributed by atoms with E-state index in [1.807, 2.05) is 60.8 Å². The summed E-state index contributed by atoms with van der Waals surface area (Å²) in [7, 11) is 0. The van der Waals surface area contributed by atoms with E-state index < -0.39 is 23.9 Å². The number of fused-ring (bicyclic) bond motifs is 1. The fourth-order valence-corrected chi connectivity index (χ4v) is 5.03. The Labute approximate surface area is 213 Å². The van der Waals surface area contributed by atoms with Gasteiger partial charge in [0.1, 0.15) is 12.1 Å². The number of amides is 4. The lowest BCUT2D eigenvalue weighted by Crippen LogP contribution is -2.54. The van der Waals surface area contributed by atoms with Gasteiger partial charge in [0.15, 0.2) is 0 Å². The molecular formula is C26H29N5O4S. The monoisotopic (exact) mass is 507 g/mol. The number of nitrogens with one attached hydrogen (secondary N) is 3. The van der Waals surface area contributed by atoms with Crippen LogP contribution in [0.3, 0.4) is 0 Å². The summed E-state index contributed by atoms with van der Waals surface area (Å²) in [6.45, 7) is 0.0639. The lowest BCUT2D eigenvalue weighted by atomic mass is 10.0. The molecule has 0 unspecified atom stereocenters. The van der Waals surface area contributed by atoms with Gasteiger partial charge in [-0.05, 0) is 17.2 Å². The SMILES string of the molecule is NC(=O)[C@@H](Cc1ccccc1)NC(=O)CN1CCSCC(=O)N[C@@H](Cc2c[nH]c3ccccc23)C1=O. The Morgan fingerprint density at radius 2 is 1.86 bits per heavy atom. The molecule has 10 heteroatoms. The summed E-state index contributed by atoms with van der Waals surface area (Å²) in [6.07, 6.45) is 2.38. The number of carbonyl (C=O) groups is 4. The number of thioether (sulfide) groups is 1. The summed E-state index contributed by atoms with van der Waals surface area (Å²) in [5.41, 5.74) is 8.23. The summed E-state index contributed by atoms with van der Waals surface area (Å²) in [5, 5.41) is 6.48. The summed E-state index contributed by atoms with van der Waals surface area (Å²) < 4.78 is 0. The maximum absolute atomic E-state index is 13.5. The van der Waals surface area contributed by atoms with E-state index in [4.69, 9.17) is 5.73 Å². The van der Waals surface area contributed by atoms with Gasteiger partial charge in [-0.25, -0.2) is 0 Å². The minimum atomic E-state index is -0.899. The van der Waals surface area contributed by atoms with E-state index in [-0.39, 0.29) is 37.0 Å². The number of hydrogen-bond donors (Lipinski definition) is 4. The highest BCUT2D eigenvalue weighted by Gasteiger charge is 2.30. The number of nitrogens with two attached hydrogens (primary N) is 1. The summed E-state index contributed by atoms with van der Waals surface area (Å²) in [4.78, 5) is 55.5. The second-order valence-electron chi connectivity index (χ2n) is 8.71. The Hall–Kier alpha value is -3.79. The van der Waals surface area contributed by atoms with Crippen molar-refractivity contribution >= 4 is 46.3 Å². The summed E-state index contributed by atoms with van der Waals surface area (Å²) in [6, 6.07) is 15.3. The van der Waals surface area contributed by atoms with E-state index in [0.717, 1.165) is 22.0 Å². The zero-order chi connectivity index (χ0) is 25.5. The number of primary amides is 1. The van der Waals surface area contributed by atoms with E-state index in [1.165, 1.54) is 16.7 Å². The first-order valence-corrected chi connectivity index (χ1v) is 12.9. The van der Waals surface area contributed by atoms with Crippen LogP contribution in [0.4, 0.5) is 0 Å².